The van der Waals surface area contributed by atoms with Crippen LogP contribution in [-0.2, 0) is 9.59 Å². The topological polar surface area (TPSA) is 72.2 Å². The van der Waals surface area contributed by atoms with Crippen molar-refractivity contribution in [3.63, 3.8) is 0 Å². The number of aldehydes is 1. The van der Waals surface area contributed by atoms with Gasteiger partial charge in [-0.05, 0) is 6.42 Å². The lowest BCUT2D eigenvalue weighted by atomic mass is 9.91. The summed E-state index contributed by atoms with van der Waals surface area (Å²) in [6, 6.07) is 0. The first-order valence-corrected chi connectivity index (χ1v) is 3.95. The number of hydrogen-bond acceptors (Lipinski definition) is 3. The van der Waals surface area contributed by atoms with Crippen molar-refractivity contribution in [1.82, 2.24) is 5.32 Å². The molecule has 12 heavy (non-hydrogen) atoms. The minimum absolute atomic E-state index is 0.00151. The summed E-state index contributed by atoms with van der Waals surface area (Å²) in [6.07, 6.45) is 1.53. The summed E-state index contributed by atoms with van der Waals surface area (Å²) < 4.78 is 0. The van der Waals surface area contributed by atoms with Crippen molar-refractivity contribution in [2.24, 2.45) is 11.1 Å². The number of hydrogen-bond donors (Lipinski definition) is 2. The Bertz CT molecular complexity index is 166. The van der Waals surface area contributed by atoms with E-state index in [0.29, 0.717) is 13.0 Å². The molecule has 4 heteroatoms. The predicted molar refractivity (Wildman–Crippen MR) is 46.5 cm³/mol. The molecule has 0 heterocycles. The van der Waals surface area contributed by atoms with Crippen LogP contribution in [0.5, 0.6) is 0 Å². The molecule has 0 aliphatic heterocycles. The van der Waals surface area contributed by atoms with Crippen molar-refractivity contribution in [2.75, 3.05) is 13.1 Å². The van der Waals surface area contributed by atoms with E-state index in [1.807, 2.05) is 13.8 Å². The van der Waals surface area contributed by atoms with Gasteiger partial charge in [0.25, 0.3) is 0 Å². The molecular formula is C8H16N2O2. The lowest BCUT2D eigenvalue weighted by Crippen LogP contribution is -2.33. The molecule has 0 bridgehead atoms. The average Bonchev–Trinajstić information content (AvgIpc) is 2.04. The van der Waals surface area contributed by atoms with Gasteiger partial charge in [-0.15, -0.1) is 0 Å². The van der Waals surface area contributed by atoms with E-state index in [9.17, 15) is 9.59 Å². The normalized spacial score (nSPS) is 10.9. The second kappa shape index (κ2) is 4.87. The zero-order valence-corrected chi connectivity index (χ0v) is 7.59. The molecule has 0 aliphatic rings. The molecule has 0 aromatic rings. The van der Waals surface area contributed by atoms with E-state index in [-0.39, 0.29) is 17.9 Å². The van der Waals surface area contributed by atoms with Gasteiger partial charge in [-0.1, -0.05) is 13.8 Å². The van der Waals surface area contributed by atoms with Crippen molar-refractivity contribution in [1.29, 1.82) is 0 Å². The van der Waals surface area contributed by atoms with E-state index >= 15 is 0 Å². The van der Waals surface area contributed by atoms with Gasteiger partial charge >= 0.3 is 0 Å². The number of nitrogens with one attached hydrogen (secondary N) is 1. The number of rotatable bonds is 5. The Morgan fingerprint density at radius 2 is 2.17 bits per heavy atom. The van der Waals surface area contributed by atoms with Crippen LogP contribution in [0.15, 0.2) is 0 Å². The largest absolute Gasteiger partial charge is 0.355 e. The van der Waals surface area contributed by atoms with Crippen molar-refractivity contribution < 1.29 is 9.59 Å². The summed E-state index contributed by atoms with van der Waals surface area (Å²) in [5.41, 5.74) is 4.71. The van der Waals surface area contributed by atoms with Crippen LogP contribution in [0.25, 0.3) is 0 Å². The van der Waals surface area contributed by atoms with E-state index in [0.717, 1.165) is 6.29 Å². The summed E-state index contributed by atoms with van der Waals surface area (Å²) in [6.45, 7) is 4.16. The number of nitrogens with two attached hydrogens (primary N) is 1. The second-order valence-corrected chi connectivity index (χ2v) is 3.41. The second-order valence-electron chi connectivity index (χ2n) is 3.41. The van der Waals surface area contributed by atoms with Crippen LogP contribution >= 0.6 is 0 Å². The molecule has 4 nitrogen and oxygen atoms in total. The van der Waals surface area contributed by atoms with Crippen molar-refractivity contribution >= 4 is 12.2 Å². The number of carbonyl (C=O) groups excluding carboxylic acids is 2. The third-order valence-corrected chi connectivity index (χ3v) is 1.60. The maximum Gasteiger partial charge on any atom is 0.233 e. The van der Waals surface area contributed by atoms with Gasteiger partial charge in [-0.3, -0.25) is 4.79 Å². The summed E-state index contributed by atoms with van der Waals surface area (Å²) >= 11 is 0. The first-order chi connectivity index (χ1) is 5.52. The molecule has 0 saturated heterocycles. The highest BCUT2D eigenvalue weighted by molar-refractivity contribution is 5.77. The SMILES string of the molecule is CC(C)(C=O)CCNC(=O)CN. The fourth-order valence-electron chi connectivity index (χ4n) is 0.655. The summed E-state index contributed by atoms with van der Waals surface area (Å²) in [5, 5.41) is 2.60. The molecule has 0 fully saturated rings. The standard InChI is InChI=1S/C8H16N2O2/c1-8(2,6-11)3-4-10-7(12)5-9/h6H,3-5,9H2,1-2H3,(H,10,12). The predicted octanol–water partition coefficient (Wildman–Crippen LogP) is -0.323. The molecule has 1 amide bonds. The van der Waals surface area contributed by atoms with E-state index in [2.05, 4.69) is 5.32 Å². The van der Waals surface area contributed by atoms with E-state index in [1.165, 1.54) is 0 Å². The highest BCUT2D eigenvalue weighted by Crippen LogP contribution is 2.14. The highest BCUT2D eigenvalue weighted by Gasteiger charge is 2.15. The molecule has 0 atom stereocenters. The van der Waals surface area contributed by atoms with Gasteiger partial charge in [0.15, 0.2) is 0 Å². The first-order valence-electron chi connectivity index (χ1n) is 3.95. The maximum atomic E-state index is 10.7. The van der Waals surface area contributed by atoms with E-state index in [4.69, 9.17) is 5.73 Å². The zero-order chi connectivity index (χ0) is 9.61. The molecule has 70 valence electrons. The van der Waals surface area contributed by atoms with Crippen molar-refractivity contribution in [2.45, 2.75) is 20.3 Å². The van der Waals surface area contributed by atoms with Gasteiger partial charge in [0, 0.05) is 12.0 Å². The molecule has 0 aromatic heterocycles. The minimum Gasteiger partial charge on any atom is -0.355 e. The maximum absolute atomic E-state index is 10.7. The zero-order valence-electron chi connectivity index (χ0n) is 7.59. The first kappa shape index (κ1) is 11.1. The molecule has 0 radical (unpaired) electrons. The smallest absolute Gasteiger partial charge is 0.233 e. The van der Waals surface area contributed by atoms with Crippen LogP contribution in [0.2, 0.25) is 0 Å². The van der Waals surface area contributed by atoms with E-state index in [1.54, 1.807) is 0 Å². The number of amides is 1. The Morgan fingerprint density at radius 1 is 1.58 bits per heavy atom. The van der Waals surface area contributed by atoms with Gasteiger partial charge in [0.1, 0.15) is 6.29 Å². The van der Waals surface area contributed by atoms with Crippen molar-refractivity contribution in [3.8, 4) is 0 Å². The van der Waals surface area contributed by atoms with Gasteiger partial charge in [0.2, 0.25) is 5.91 Å². The van der Waals surface area contributed by atoms with Crippen molar-refractivity contribution in [3.05, 3.63) is 0 Å². The monoisotopic (exact) mass is 172 g/mol. The van der Waals surface area contributed by atoms with Crippen LogP contribution in [0, 0.1) is 5.41 Å². The molecule has 0 saturated carbocycles. The molecule has 3 N–H and O–H groups in total. The molecule has 0 aliphatic carbocycles. The van der Waals surface area contributed by atoms with Crippen LogP contribution < -0.4 is 11.1 Å². The van der Waals surface area contributed by atoms with Gasteiger partial charge in [-0.2, -0.15) is 0 Å². The number of carbonyl (C=O) groups is 2. The van der Waals surface area contributed by atoms with E-state index < -0.39 is 0 Å². The van der Waals surface area contributed by atoms with Crippen LogP contribution in [-0.4, -0.2) is 25.3 Å². The van der Waals surface area contributed by atoms with Crippen LogP contribution in [0.1, 0.15) is 20.3 Å². The van der Waals surface area contributed by atoms with Gasteiger partial charge in [-0.25, -0.2) is 0 Å². The Morgan fingerprint density at radius 3 is 2.58 bits per heavy atom. The Balaban J connectivity index is 3.56. The van der Waals surface area contributed by atoms with Crippen LogP contribution in [0.4, 0.5) is 0 Å². The summed E-state index contributed by atoms with van der Waals surface area (Å²) in [7, 11) is 0. The molecule has 0 spiro atoms. The average molecular weight is 172 g/mol. The lowest BCUT2D eigenvalue weighted by molar-refractivity contribution is -0.120. The lowest BCUT2D eigenvalue weighted by Gasteiger charge is -2.16. The summed E-state index contributed by atoms with van der Waals surface area (Å²) in [5.74, 6) is -0.184. The quantitative estimate of drug-likeness (QED) is 0.558. The minimum atomic E-state index is -0.359. The molecule has 0 aromatic carbocycles. The fraction of sp³-hybridized carbons (Fsp3) is 0.750. The van der Waals surface area contributed by atoms with Gasteiger partial charge in [0.05, 0.1) is 6.54 Å². The van der Waals surface area contributed by atoms with Gasteiger partial charge < -0.3 is 15.8 Å². The summed E-state index contributed by atoms with van der Waals surface area (Å²) in [4.78, 5) is 21.1. The Hall–Kier alpha value is -0.900. The Labute approximate surface area is 72.5 Å². The Kier molecular flexibility index (Phi) is 4.51. The van der Waals surface area contributed by atoms with Crippen LogP contribution in [0.3, 0.4) is 0 Å². The fourth-order valence-corrected chi connectivity index (χ4v) is 0.655. The highest BCUT2D eigenvalue weighted by atomic mass is 16.1. The third-order valence-electron chi connectivity index (χ3n) is 1.60. The third kappa shape index (κ3) is 4.85. The molecule has 0 rings (SSSR count). The molecule has 0 unspecified atom stereocenters. The molecular weight excluding hydrogens is 156 g/mol.